The lowest BCUT2D eigenvalue weighted by Gasteiger charge is -2.19. The number of fused-ring (bicyclic) bond motifs is 7. The summed E-state index contributed by atoms with van der Waals surface area (Å²) in [6.07, 6.45) is 0. The number of hydrogen-bond donors (Lipinski definition) is 0. The van der Waals surface area contributed by atoms with Crippen LogP contribution in [0.4, 0.5) is 0 Å². The van der Waals surface area contributed by atoms with Crippen LogP contribution in [0.25, 0.3) is 93.7 Å². The van der Waals surface area contributed by atoms with E-state index in [2.05, 4.69) is 185 Å². The summed E-state index contributed by atoms with van der Waals surface area (Å²) in [5, 5.41) is 6.80. The zero-order chi connectivity index (χ0) is 38.1. The Bertz CT molecular complexity index is 3140. The van der Waals surface area contributed by atoms with Crippen molar-refractivity contribution in [3.05, 3.63) is 163 Å². The average Bonchev–Trinajstić information content (AvgIpc) is 3.55. The van der Waals surface area contributed by atoms with Gasteiger partial charge in [0.2, 0.25) is 0 Å². The third-order valence-electron chi connectivity index (χ3n) is 10.9. The molecule has 270 valence electrons. The van der Waals surface area contributed by atoms with Gasteiger partial charge < -0.3 is 4.57 Å². The van der Waals surface area contributed by atoms with E-state index in [1.54, 1.807) is 0 Å². The predicted molar refractivity (Wildman–Crippen MR) is 234 cm³/mol. The van der Waals surface area contributed by atoms with Gasteiger partial charge in [0.25, 0.3) is 0 Å². The molecule has 0 atom stereocenters. The van der Waals surface area contributed by atoms with Gasteiger partial charge in [0, 0.05) is 55.1 Å². The number of benzene rings is 7. The number of aromatic nitrogens is 5. The van der Waals surface area contributed by atoms with Gasteiger partial charge in [-0.25, -0.2) is 19.9 Å². The molecular formula is C51H41N5. The third-order valence-corrected chi connectivity index (χ3v) is 10.9. The number of para-hydroxylation sites is 2. The van der Waals surface area contributed by atoms with Crippen LogP contribution in [-0.2, 0) is 5.41 Å². The minimum absolute atomic E-state index is 0.193. The van der Waals surface area contributed by atoms with Crippen LogP contribution in [0.3, 0.4) is 0 Å². The van der Waals surface area contributed by atoms with Crippen LogP contribution >= 0.6 is 0 Å². The first-order chi connectivity index (χ1) is 27.2. The molecule has 5 heteroatoms. The second-order valence-electron chi connectivity index (χ2n) is 16.1. The lowest BCUT2D eigenvalue weighted by Crippen LogP contribution is -2.16. The van der Waals surface area contributed by atoms with E-state index >= 15 is 0 Å². The molecule has 0 aliphatic heterocycles. The van der Waals surface area contributed by atoms with Crippen LogP contribution in [0.15, 0.2) is 152 Å². The SMILES string of the molecule is CC(C)c1nc(-c2ccccc2)c2ccc3ccc(-c4ccc5c(c4)c4ccc(-c6nc(C(C)(C)C)nc7ccccc67)cc4n5-c4ccccc4)cc3c2n1. The molecule has 56 heavy (non-hydrogen) atoms. The normalized spacial score (nSPS) is 12.2. The van der Waals surface area contributed by atoms with Gasteiger partial charge in [0.15, 0.2) is 0 Å². The molecule has 0 radical (unpaired) electrons. The van der Waals surface area contributed by atoms with Crippen LogP contribution in [0.1, 0.15) is 52.2 Å². The van der Waals surface area contributed by atoms with Crippen LogP contribution in [-0.4, -0.2) is 24.5 Å². The summed E-state index contributed by atoms with van der Waals surface area (Å²) in [6.45, 7) is 10.8. The molecule has 0 spiro atoms. The summed E-state index contributed by atoms with van der Waals surface area (Å²) in [4.78, 5) is 20.5. The summed E-state index contributed by atoms with van der Waals surface area (Å²) in [6, 6.07) is 54.3. The molecule has 0 unspecified atom stereocenters. The van der Waals surface area contributed by atoms with Crippen molar-refractivity contribution in [3.63, 3.8) is 0 Å². The van der Waals surface area contributed by atoms with E-state index in [4.69, 9.17) is 19.9 Å². The predicted octanol–water partition coefficient (Wildman–Crippen LogP) is 13.2. The summed E-state index contributed by atoms with van der Waals surface area (Å²) < 4.78 is 2.38. The Morgan fingerprint density at radius 1 is 0.464 bits per heavy atom. The molecule has 3 heterocycles. The van der Waals surface area contributed by atoms with Gasteiger partial charge in [-0.3, -0.25) is 0 Å². The molecule has 0 saturated carbocycles. The van der Waals surface area contributed by atoms with E-state index < -0.39 is 0 Å². The summed E-state index contributed by atoms with van der Waals surface area (Å²) in [7, 11) is 0. The van der Waals surface area contributed by atoms with Crippen molar-refractivity contribution in [2.45, 2.75) is 46.0 Å². The molecule has 3 aromatic heterocycles. The highest BCUT2D eigenvalue weighted by molar-refractivity contribution is 6.13. The maximum absolute atomic E-state index is 5.21. The molecule has 10 rings (SSSR count). The first kappa shape index (κ1) is 33.8. The number of hydrogen-bond acceptors (Lipinski definition) is 4. The second kappa shape index (κ2) is 13.0. The first-order valence-corrected chi connectivity index (χ1v) is 19.4. The van der Waals surface area contributed by atoms with E-state index in [1.807, 2.05) is 6.07 Å². The van der Waals surface area contributed by atoms with Gasteiger partial charge in [-0.05, 0) is 65.0 Å². The van der Waals surface area contributed by atoms with Crippen molar-refractivity contribution < 1.29 is 0 Å². The quantitative estimate of drug-likeness (QED) is 0.166. The lowest BCUT2D eigenvalue weighted by atomic mass is 9.94. The highest BCUT2D eigenvalue weighted by atomic mass is 15.0. The Hall–Kier alpha value is -6.72. The van der Waals surface area contributed by atoms with Crippen molar-refractivity contribution in [2.24, 2.45) is 0 Å². The Labute approximate surface area is 326 Å². The van der Waals surface area contributed by atoms with Gasteiger partial charge in [0.1, 0.15) is 11.6 Å². The van der Waals surface area contributed by atoms with Crippen molar-refractivity contribution >= 4 is 54.4 Å². The Kier molecular flexibility index (Phi) is 7.82. The monoisotopic (exact) mass is 723 g/mol. The molecule has 10 aromatic rings. The molecular weight excluding hydrogens is 683 g/mol. The van der Waals surface area contributed by atoms with E-state index in [1.165, 1.54) is 10.8 Å². The maximum atomic E-state index is 5.21. The van der Waals surface area contributed by atoms with Crippen LogP contribution in [0.2, 0.25) is 0 Å². The standard InChI is InChI=1S/C51H41N5/c1-31(2)49-53-46(33-14-8-6-9-15-33)40-26-22-32-20-21-34(28-41(32)48(40)54-49)35-24-27-44-42(29-35)38-25-23-36(30-45(38)56(44)37-16-10-7-11-17-37)47-39-18-12-13-19-43(39)52-50(55-47)51(3,4)5/h6-31H,1-5H3. The first-order valence-electron chi connectivity index (χ1n) is 19.4. The average molecular weight is 724 g/mol. The van der Waals surface area contributed by atoms with Gasteiger partial charge in [-0.15, -0.1) is 0 Å². The smallest absolute Gasteiger partial charge is 0.135 e. The lowest BCUT2D eigenvalue weighted by molar-refractivity contribution is 0.549. The van der Waals surface area contributed by atoms with Gasteiger partial charge in [-0.1, -0.05) is 138 Å². The van der Waals surface area contributed by atoms with Crippen LogP contribution < -0.4 is 0 Å². The van der Waals surface area contributed by atoms with Crippen molar-refractivity contribution in [1.29, 1.82) is 0 Å². The van der Waals surface area contributed by atoms with Gasteiger partial charge in [-0.2, -0.15) is 0 Å². The zero-order valence-electron chi connectivity index (χ0n) is 32.2. The molecule has 0 aliphatic carbocycles. The van der Waals surface area contributed by atoms with E-state index in [0.29, 0.717) is 0 Å². The largest absolute Gasteiger partial charge is 0.309 e. The fraction of sp³-hybridized carbons (Fsp3) is 0.137. The van der Waals surface area contributed by atoms with Crippen LogP contribution in [0, 0.1) is 0 Å². The molecule has 0 N–H and O–H groups in total. The van der Waals surface area contributed by atoms with Gasteiger partial charge >= 0.3 is 0 Å². The topological polar surface area (TPSA) is 56.5 Å². The zero-order valence-corrected chi connectivity index (χ0v) is 32.2. The molecule has 0 amide bonds. The fourth-order valence-electron chi connectivity index (χ4n) is 8.02. The van der Waals surface area contributed by atoms with Gasteiger partial charge in [0.05, 0.1) is 33.5 Å². The van der Waals surface area contributed by atoms with E-state index in [-0.39, 0.29) is 11.3 Å². The highest BCUT2D eigenvalue weighted by Crippen LogP contribution is 2.40. The Morgan fingerprint density at radius 2 is 1.11 bits per heavy atom. The minimum Gasteiger partial charge on any atom is -0.309 e. The molecule has 5 nitrogen and oxygen atoms in total. The molecule has 0 saturated heterocycles. The van der Waals surface area contributed by atoms with Crippen molar-refractivity contribution in [2.75, 3.05) is 0 Å². The molecule has 0 bridgehead atoms. The summed E-state index contributed by atoms with van der Waals surface area (Å²) in [5.41, 5.74) is 11.6. The third kappa shape index (κ3) is 5.62. The van der Waals surface area contributed by atoms with E-state index in [9.17, 15) is 0 Å². The van der Waals surface area contributed by atoms with Crippen molar-refractivity contribution in [1.82, 2.24) is 24.5 Å². The van der Waals surface area contributed by atoms with Crippen molar-refractivity contribution in [3.8, 4) is 39.3 Å². The second-order valence-corrected chi connectivity index (χ2v) is 16.1. The summed E-state index contributed by atoms with van der Waals surface area (Å²) >= 11 is 0. The number of nitrogens with zero attached hydrogens (tertiary/aromatic N) is 5. The highest BCUT2D eigenvalue weighted by Gasteiger charge is 2.22. The van der Waals surface area contributed by atoms with Crippen LogP contribution in [0.5, 0.6) is 0 Å². The van der Waals surface area contributed by atoms with E-state index in [0.717, 1.165) is 94.6 Å². The Balaban J connectivity index is 1.18. The Morgan fingerprint density at radius 3 is 1.88 bits per heavy atom. The fourth-order valence-corrected chi connectivity index (χ4v) is 8.02. The maximum Gasteiger partial charge on any atom is 0.135 e. The number of rotatable bonds is 5. The summed E-state index contributed by atoms with van der Waals surface area (Å²) in [5.74, 6) is 1.89. The molecule has 7 aromatic carbocycles. The molecule has 0 aliphatic rings. The molecule has 0 fully saturated rings. The minimum atomic E-state index is -0.193.